The van der Waals surface area contributed by atoms with E-state index in [-0.39, 0.29) is 0 Å². The van der Waals surface area contributed by atoms with Crippen LogP contribution in [0, 0.1) is 0 Å². The minimum absolute atomic E-state index is 0.473. The van der Waals surface area contributed by atoms with Crippen LogP contribution in [-0.2, 0) is 0 Å². The molecule has 3 aromatic heterocycles. The Labute approximate surface area is 93.4 Å². The summed E-state index contributed by atoms with van der Waals surface area (Å²) in [4.78, 5) is 8.10. The molecule has 0 amide bonds. The van der Waals surface area contributed by atoms with Crippen molar-refractivity contribution in [1.82, 2.24) is 24.6 Å². The standard InChI is InChI=1S/C8H4ClN5S/c9-6-1-10-2-7-12-13-8(14(6)7)5-3-15-4-11-5/h1-4H. The Kier molecular flexibility index (Phi) is 1.90. The van der Waals surface area contributed by atoms with Gasteiger partial charge in [-0.1, -0.05) is 11.6 Å². The highest BCUT2D eigenvalue weighted by molar-refractivity contribution is 7.07. The Balaban J connectivity index is 2.37. The number of hydrogen-bond acceptors (Lipinski definition) is 5. The number of fused-ring (bicyclic) bond motifs is 1. The smallest absolute Gasteiger partial charge is 0.189 e. The van der Waals surface area contributed by atoms with Gasteiger partial charge in [0.05, 0.1) is 17.9 Å². The first-order valence-corrected chi connectivity index (χ1v) is 5.41. The second-order valence-corrected chi connectivity index (χ2v) is 3.93. The van der Waals surface area contributed by atoms with Gasteiger partial charge in [-0.05, 0) is 0 Å². The van der Waals surface area contributed by atoms with Crippen molar-refractivity contribution in [1.29, 1.82) is 0 Å². The normalized spacial score (nSPS) is 11.0. The first-order chi connectivity index (χ1) is 7.36. The van der Waals surface area contributed by atoms with Gasteiger partial charge >= 0.3 is 0 Å². The number of rotatable bonds is 1. The molecule has 0 aromatic carbocycles. The van der Waals surface area contributed by atoms with E-state index in [0.29, 0.717) is 16.6 Å². The van der Waals surface area contributed by atoms with E-state index in [1.54, 1.807) is 22.3 Å². The maximum absolute atomic E-state index is 6.02. The lowest BCUT2D eigenvalue weighted by atomic mass is 10.4. The molecule has 0 radical (unpaired) electrons. The highest BCUT2D eigenvalue weighted by Gasteiger charge is 2.11. The molecule has 7 heteroatoms. The van der Waals surface area contributed by atoms with Crippen molar-refractivity contribution in [2.24, 2.45) is 0 Å². The summed E-state index contributed by atoms with van der Waals surface area (Å²) in [5.41, 5.74) is 3.12. The molecule has 5 nitrogen and oxygen atoms in total. The van der Waals surface area contributed by atoms with Crippen LogP contribution in [0.25, 0.3) is 17.2 Å². The Bertz CT molecular complexity index is 603. The van der Waals surface area contributed by atoms with Crippen molar-refractivity contribution in [3.8, 4) is 11.5 Å². The van der Waals surface area contributed by atoms with E-state index >= 15 is 0 Å². The molecule has 0 N–H and O–H groups in total. The van der Waals surface area contributed by atoms with Crippen LogP contribution in [0.3, 0.4) is 0 Å². The van der Waals surface area contributed by atoms with Gasteiger partial charge in [-0.15, -0.1) is 21.5 Å². The average Bonchev–Trinajstić information content (AvgIpc) is 2.85. The van der Waals surface area contributed by atoms with E-state index < -0.39 is 0 Å². The van der Waals surface area contributed by atoms with Crippen LogP contribution in [-0.4, -0.2) is 24.6 Å². The van der Waals surface area contributed by atoms with Crippen LogP contribution in [0.4, 0.5) is 0 Å². The minimum atomic E-state index is 0.473. The Morgan fingerprint density at radius 2 is 2.20 bits per heavy atom. The Hall–Kier alpha value is -1.53. The zero-order chi connectivity index (χ0) is 10.3. The summed E-state index contributed by atoms with van der Waals surface area (Å²) in [6.07, 6.45) is 3.16. The van der Waals surface area contributed by atoms with Gasteiger partial charge in [0.25, 0.3) is 0 Å². The van der Waals surface area contributed by atoms with Crippen LogP contribution in [0.2, 0.25) is 5.15 Å². The molecule has 0 atom stereocenters. The molecule has 0 spiro atoms. The van der Waals surface area contributed by atoms with E-state index in [4.69, 9.17) is 11.6 Å². The fourth-order valence-electron chi connectivity index (χ4n) is 1.30. The number of hydrogen-bond donors (Lipinski definition) is 0. The van der Waals surface area contributed by atoms with E-state index in [2.05, 4.69) is 20.2 Å². The lowest BCUT2D eigenvalue weighted by molar-refractivity contribution is 1.09. The van der Waals surface area contributed by atoms with E-state index in [1.165, 1.54) is 11.3 Å². The van der Waals surface area contributed by atoms with Gasteiger partial charge in [-0.25, -0.2) is 4.98 Å². The Morgan fingerprint density at radius 1 is 1.27 bits per heavy atom. The van der Waals surface area contributed by atoms with Crippen LogP contribution in [0.1, 0.15) is 0 Å². The number of halogens is 1. The minimum Gasteiger partial charge on any atom is -0.261 e. The van der Waals surface area contributed by atoms with Crippen LogP contribution in [0.5, 0.6) is 0 Å². The topological polar surface area (TPSA) is 56.0 Å². The molecular formula is C8H4ClN5S. The fraction of sp³-hybridized carbons (Fsp3) is 0. The summed E-state index contributed by atoms with van der Waals surface area (Å²) in [5, 5.41) is 10.4. The van der Waals surface area contributed by atoms with E-state index in [0.717, 1.165) is 5.69 Å². The van der Waals surface area contributed by atoms with Crippen LogP contribution >= 0.6 is 22.9 Å². The van der Waals surface area contributed by atoms with Crippen molar-refractivity contribution in [2.45, 2.75) is 0 Å². The van der Waals surface area contributed by atoms with Crippen molar-refractivity contribution >= 4 is 28.6 Å². The second kappa shape index (κ2) is 3.25. The number of nitrogens with zero attached hydrogens (tertiary/aromatic N) is 5. The molecule has 0 aliphatic carbocycles. The SMILES string of the molecule is Clc1cncc2nnc(-c3cscn3)n12. The summed E-state index contributed by atoms with van der Waals surface area (Å²) < 4.78 is 1.71. The summed E-state index contributed by atoms with van der Waals surface area (Å²) >= 11 is 7.52. The molecule has 0 aliphatic heterocycles. The largest absolute Gasteiger partial charge is 0.261 e. The summed E-state index contributed by atoms with van der Waals surface area (Å²) in [5.74, 6) is 0.638. The highest BCUT2D eigenvalue weighted by Crippen LogP contribution is 2.20. The maximum Gasteiger partial charge on any atom is 0.189 e. The summed E-state index contributed by atoms with van der Waals surface area (Å²) in [6, 6.07) is 0. The molecule has 74 valence electrons. The molecule has 3 aromatic rings. The van der Waals surface area contributed by atoms with Crippen molar-refractivity contribution < 1.29 is 0 Å². The lowest BCUT2D eigenvalue weighted by Gasteiger charge is -1.97. The van der Waals surface area contributed by atoms with Crippen molar-refractivity contribution in [2.75, 3.05) is 0 Å². The van der Waals surface area contributed by atoms with E-state index in [9.17, 15) is 0 Å². The molecular weight excluding hydrogens is 234 g/mol. The quantitative estimate of drug-likeness (QED) is 0.649. The third-order valence-electron chi connectivity index (χ3n) is 1.93. The summed E-state index contributed by atoms with van der Waals surface area (Å²) in [6.45, 7) is 0. The predicted molar refractivity (Wildman–Crippen MR) is 56.9 cm³/mol. The second-order valence-electron chi connectivity index (χ2n) is 2.82. The summed E-state index contributed by atoms with van der Waals surface area (Å²) in [7, 11) is 0. The third kappa shape index (κ3) is 1.30. The molecule has 0 saturated carbocycles. The monoisotopic (exact) mass is 237 g/mol. The van der Waals surface area contributed by atoms with Gasteiger partial charge in [0.1, 0.15) is 10.8 Å². The van der Waals surface area contributed by atoms with Crippen LogP contribution in [0.15, 0.2) is 23.3 Å². The van der Waals surface area contributed by atoms with E-state index in [1.807, 2.05) is 5.38 Å². The Morgan fingerprint density at radius 3 is 3.00 bits per heavy atom. The lowest BCUT2D eigenvalue weighted by Crippen LogP contribution is -1.92. The highest BCUT2D eigenvalue weighted by atomic mass is 35.5. The molecule has 0 fully saturated rings. The molecule has 3 heterocycles. The van der Waals surface area contributed by atoms with Crippen molar-refractivity contribution in [3.63, 3.8) is 0 Å². The molecule has 0 unspecified atom stereocenters. The molecule has 15 heavy (non-hydrogen) atoms. The first kappa shape index (κ1) is 8.75. The molecule has 0 bridgehead atoms. The van der Waals surface area contributed by atoms with Gasteiger partial charge in [0.15, 0.2) is 11.5 Å². The number of thiazole rings is 1. The van der Waals surface area contributed by atoms with Crippen molar-refractivity contribution in [3.05, 3.63) is 28.4 Å². The average molecular weight is 238 g/mol. The molecule has 0 aliphatic rings. The first-order valence-electron chi connectivity index (χ1n) is 4.09. The predicted octanol–water partition coefficient (Wildman–Crippen LogP) is 1.90. The fourth-order valence-corrected chi connectivity index (χ4v) is 2.06. The van der Waals surface area contributed by atoms with Gasteiger partial charge in [0, 0.05) is 5.38 Å². The van der Waals surface area contributed by atoms with Crippen LogP contribution < -0.4 is 0 Å². The van der Waals surface area contributed by atoms with Gasteiger partial charge < -0.3 is 0 Å². The zero-order valence-electron chi connectivity index (χ0n) is 7.33. The number of aromatic nitrogens is 5. The van der Waals surface area contributed by atoms with Gasteiger partial charge in [-0.3, -0.25) is 9.38 Å². The molecule has 0 saturated heterocycles. The maximum atomic E-state index is 6.02. The van der Waals surface area contributed by atoms with Gasteiger partial charge in [0.2, 0.25) is 0 Å². The third-order valence-corrected chi connectivity index (χ3v) is 2.79. The zero-order valence-corrected chi connectivity index (χ0v) is 8.90. The van der Waals surface area contributed by atoms with Gasteiger partial charge in [-0.2, -0.15) is 0 Å². The molecule has 3 rings (SSSR count).